The fourth-order valence-corrected chi connectivity index (χ4v) is 3.16. The first-order chi connectivity index (χ1) is 9.02. The van der Waals surface area contributed by atoms with Crippen LogP contribution in [0.1, 0.15) is 26.7 Å². The lowest BCUT2D eigenvalue weighted by Crippen LogP contribution is -2.33. The summed E-state index contributed by atoms with van der Waals surface area (Å²) in [5.74, 6) is 0.560. The molecule has 0 amide bonds. The van der Waals surface area contributed by atoms with E-state index < -0.39 is 0 Å². The highest BCUT2D eigenvalue weighted by Crippen LogP contribution is 2.45. The van der Waals surface area contributed by atoms with Crippen LogP contribution >= 0.6 is 0 Å². The number of halogens is 1. The van der Waals surface area contributed by atoms with Gasteiger partial charge in [0.05, 0.1) is 12.0 Å². The fourth-order valence-electron chi connectivity index (χ4n) is 3.16. The molecule has 3 heteroatoms. The van der Waals surface area contributed by atoms with E-state index in [0.29, 0.717) is 5.41 Å². The Balaban J connectivity index is 1.68. The maximum atomic E-state index is 12.9. The van der Waals surface area contributed by atoms with Crippen molar-refractivity contribution in [2.45, 2.75) is 33.2 Å². The van der Waals surface area contributed by atoms with Gasteiger partial charge in [-0.1, -0.05) is 13.8 Å². The summed E-state index contributed by atoms with van der Waals surface area (Å²) in [6.45, 7) is 5.68. The van der Waals surface area contributed by atoms with Gasteiger partial charge >= 0.3 is 0 Å². The van der Waals surface area contributed by atoms with Crippen molar-refractivity contribution in [1.29, 1.82) is 0 Å². The first-order valence-electron chi connectivity index (χ1n) is 6.80. The second-order valence-electron chi connectivity index (χ2n) is 6.40. The zero-order chi connectivity index (χ0) is 13.5. The SMILES string of the molecule is CC1(C)CC(Cn2cnc(-c3ccc(F)cc3)c2)C1. The molecule has 1 heterocycles. The van der Waals surface area contributed by atoms with E-state index in [2.05, 4.69) is 29.6 Å². The van der Waals surface area contributed by atoms with E-state index in [1.54, 1.807) is 12.1 Å². The Kier molecular flexibility index (Phi) is 2.92. The van der Waals surface area contributed by atoms with Crippen LogP contribution in [-0.2, 0) is 6.54 Å². The highest BCUT2D eigenvalue weighted by atomic mass is 19.1. The molecule has 0 bridgehead atoms. The molecular formula is C16H19FN2. The largest absolute Gasteiger partial charge is 0.337 e. The molecule has 0 saturated heterocycles. The van der Waals surface area contributed by atoms with E-state index in [1.807, 2.05) is 6.33 Å². The van der Waals surface area contributed by atoms with Gasteiger partial charge in [0.1, 0.15) is 5.82 Å². The van der Waals surface area contributed by atoms with Gasteiger partial charge in [-0.05, 0) is 48.4 Å². The van der Waals surface area contributed by atoms with E-state index in [0.717, 1.165) is 23.7 Å². The van der Waals surface area contributed by atoms with Crippen molar-refractivity contribution in [1.82, 2.24) is 9.55 Å². The Morgan fingerprint density at radius 1 is 1.26 bits per heavy atom. The standard InChI is InChI=1S/C16H19FN2/c1-16(2)7-12(8-16)9-19-10-15(18-11-19)13-3-5-14(17)6-4-13/h3-6,10-12H,7-9H2,1-2H3. The van der Waals surface area contributed by atoms with E-state index in [1.165, 1.54) is 25.0 Å². The van der Waals surface area contributed by atoms with Crippen LogP contribution in [-0.4, -0.2) is 9.55 Å². The molecule has 0 radical (unpaired) electrons. The van der Waals surface area contributed by atoms with Crippen LogP contribution in [0.4, 0.5) is 4.39 Å². The van der Waals surface area contributed by atoms with Gasteiger partial charge in [-0.25, -0.2) is 9.37 Å². The Hall–Kier alpha value is -1.64. The molecule has 0 atom stereocenters. The summed E-state index contributed by atoms with van der Waals surface area (Å²) in [5, 5.41) is 0. The lowest BCUT2D eigenvalue weighted by molar-refractivity contribution is 0.0829. The van der Waals surface area contributed by atoms with Crippen LogP contribution in [0, 0.1) is 17.2 Å². The smallest absolute Gasteiger partial charge is 0.123 e. The maximum Gasteiger partial charge on any atom is 0.123 e. The minimum atomic E-state index is -0.208. The first-order valence-corrected chi connectivity index (χ1v) is 6.80. The highest BCUT2D eigenvalue weighted by molar-refractivity contribution is 5.57. The number of nitrogens with zero attached hydrogens (tertiary/aromatic N) is 2. The topological polar surface area (TPSA) is 17.8 Å². The number of aromatic nitrogens is 2. The monoisotopic (exact) mass is 258 g/mol. The summed E-state index contributed by atoms with van der Waals surface area (Å²) in [4.78, 5) is 4.40. The van der Waals surface area contributed by atoms with Gasteiger partial charge < -0.3 is 4.57 Å². The van der Waals surface area contributed by atoms with E-state index in [-0.39, 0.29) is 5.82 Å². The molecule has 1 aromatic carbocycles. The average Bonchev–Trinajstić information content (AvgIpc) is 2.76. The zero-order valence-electron chi connectivity index (χ0n) is 11.4. The molecule has 100 valence electrons. The normalized spacial score (nSPS) is 18.3. The summed E-state index contributed by atoms with van der Waals surface area (Å²) >= 11 is 0. The summed E-state index contributed by atoms with van der Waals surface area (Å²) in [7, 11) is 0. The minimum Gasteiger partial charge on any atom is -0.337 e. The van der Waals surface area contributed by atoms with Crippen molar-refractivity contribution in [3.63, 3.8) is 0 Å². The Morgan fingerprint density at radius 2 is 1.95 bits per heavy atom. The summed E-state index contributed by atoms with van der Waals surface area (Å²) in [6.07, 6.45) is 6.51. The van der Waals surface area contributed by atoms with Crippen LogP contribution in [0.25, 0.3) is 11.3 Å². The molecule has 0 unspecified atom stereocenters. The first kappa shape index (κ1) is 12.4. The minimum absolute atomic E-state index is 0.208. The highest BCUT2D eigenvalue weighted by Gasteiger charge is 2.35. The third-order valence-corrected chi connectivity index (χ3v) is 3.92. The molecule has 1 aliphatic rings. The predicted molar refractivity (Wildman–Crippen MR) is 74.1 cm³/mol. The average molecular weight is 258 g/mol. The second kappa shape index (κ2) is 4.48. The molecule has 2 nitrogen and oxygen atoms in total. The van der Waals surface area contributed by atoms with Crippen molar-refractivity contribution >= 4 is 0 Å². The van der Waals surface area contributed by atoms with Crippen molar-refractivity contribution in [3.05, 3.63) is 42.6 Å². The van der Waals surface area contributed by atoms with E-state index >= 15 is 0 Å². The molecule has 1 aliphatic carbocycles. The number of hydrogen-bond acceptors (Lipinski definition) is 1. The van der Waals surface area contributed by atoms with E-state index in [9.17, 15) is 4.39 Å². The van der Waals surface area contributed by atoms with Crippen molar-refractivity contribution in [3.8, 4) is 11.3 Å². The van der Waals surface area contributed by atoms with Gasteiger partial charge in [0.25, 0.3) is 0 Å². The number of benzene rings is 1. The molecule has 2 aromatic rings. The molecule has 0 N–H and O–H groups in total. The quantitative estimate of drug-likeness (QED) is 0.809. The van der Waals surface area contributed by atoms with E-state index in [4.69, 9.17) is 0 Å². The van der Waals surface area contributed by atoms with Crippen LogP contribution in [0.5, 0.6) is 0 Å². The van der Waals surface area contributed by atoms with Gasteiger partial charge in [-0.3, -0.25) is 0 Å². The third kappa shape index (κ3) is 2.70. The Labute approximate surface area is 113 Å². The summed E-state index contributed by atoms with van der Waals surface area (Å²) in [5.41, 5.74) is 2.40. The number of imidazole rings is 1. The third-order valence-electron chi connectivity index (χ3n) is 3.92. The van der Waals surface area contributed by atoms with Crippen LogP contribution in [0.2, 0.25) is 0 Å². The molecule has 3 rings (SSSR count). The van der Waals surface area contributed by atoms with Crippen molar-refractivity contribution in [2.75, 3.05) is 0 Å². The lowest BCUT2D eigenvalue weighted by atomic mass is 9.64. The number of hydrogen-bond donors (Lipinski definition) is 0. The Bertz CT molecular complexity index is 561. The molecule has 0 spiro atoms. The molecule has 1 saturated carbocycles. The van der Waals surface area contributed by atoms with Crippen LogP contribution < -0.4 is 0 Å². The summed E-state index contributed by atoms with van der Waals surface area (Å²) < 4.78 is 15.0. The van der Waals surface area contributed by atoms with Gasteiger partial charge in [0, 0.05) is 18.3 Å². The van der Waals surface area contributed by atoms with Crippen molar-refractivity contribution in [2.24, 2.45) is 11.3 Å². The molecule has 1 fully saturated rings. The molecule has 0 aliphatic heterocycles. The number of rotatable bonds is 3. The van der Waals surface area contributed by atoms with Gasteiger partial charge in [0.2, 0.25) is 0 Å². The maximum absolute atomic E-state index is 12.9. The molecular weight excluding hydrogens is 239 g/mol. The van der Waals surface area contributed by atoms with Crippen LogP contribution in [0.3, 0.4) is 0 Å². The lowest BCUT2D eigenvalue weighted by Gasteiger charge is -2.42. The van der Waals surface area contributed by atoms with Gasteiger partial charge in [-0.15, -0.1) is 0 Å². The van der Waals surface area contributed by atoms with Gasteiger partial charge in [0.15, 0.2) is 0 Å². The van der Waals surface area contributed by atoms with Gasteiger partial charge in [-0.2, -0.15) is 0 Å². The second-order valence-corrected chi connectivity index (χ2v) is 6.40. The Morgan fingerprint density at radius 3 is 2.58 bits per heavy atom. The molecule has 19 heavy (non-hydrogen) atoms. The zero-order valence-corrected chi connectivity index (χ0v) is 11.4. The van der Waals surface area contributed by atoms with Crippen LogP contribution in [0.15, 0.2) is 36.8 Å². The summed E-state index contributed by atoms with van der Waals surface area (Å²) in [6, 6.07) is 6.49. The van der Waals surface area contributed by atoms with Crippen molar-refractivity contribution < 1.29 is 4.39 Å². The fraction of sp³-hybridized carbons (Fsp3) is 0.438. The predicted octanol–water partition coefficient (Wildman–Crippen LogP) is 4.13. The molecule has 1 aromatic heterocycles.